The van der Waals surface area contributed by atoms with Gasteiger partial charge in [0.15, 0.2) is 0 Å². The van der Waals surface area contributed by atoms with Crippen molar-refractivity contribution in [3.8, 4) is 0 Å². The monoisotopic (exact) mass is 215 g/mol. The molecule has 0 fully saturated rings. The van der Waals surface area contributed by atoms with Gasteiger partial charge in [-0.25, -0.2) is 9.78 Å². The largest absolute Gasteiger partial charge is 0.477 e. The lowest BCUT2D eigenvalue weighted by molar-refractivity contribution is 0.0690. The van der Waals surface area contributed by atoms with Gasteiger partial charge in [0.25, 0.3) is 0 Å². The van der Waals surface area contributed by atoms with Crippen LogP contribution < -0.4 is 0 Å². The fourth-order valence-electron chi connectivity index (χ4n) is 1.13. The third kappa shape index (κ3) is 3.75. The first kappa shape index (κ1) is 12.9. The van der Waals surface area contributed by atoms with Crippen molar-refractivity contribution in [3.05, 3.63) is 29.6 Å². The highest BCUT2D eigenvalue weighted by Gasteiger charge is 2.03. The highest BCUT2D eigenvalue weighted by atomic mass is 35.5. The molecule has 0 saturated heterocycles. The summed E-state index contributed by atoms with van der Waals surface area (Å²) in [5.41, 5.74) is 1.18. The molecule has 0 aliphatic heterocycles. The number of carbonyl (C=O) groups is 1. The lowest BCUT2D eigenvalue weighted by atomic mass is 10.1. The summed E-state index contributed by atoms with van der Waals surface area (Å²) in [6, 6.07) is 3.50. The molecule has 1 aromatic rings. The average molecular weight is 216 g/mol. The number of halogens is 1. The second-order valence-electron chi connectivity index (χ2n) is 2.96. The number of unbranched alkanes of at least 4 members (excludes halogenated alkanes) is 1. The number of rotatable bonds is 4. The minimum Gasteiger partial charge on any atom is -0.477 e. The maximum absolute atomic E-state index is 10.6. The molecule has 4 heteroatoms. The maximum atomic E-state index is 10.6. The Morgan fingerprint density at radius 3 is 2.86 bits per heavy atom. The second kappa shape index (κ2) is 6.38. The molecule has 1 N–H and O–H groups in total. The second-order valence-corrected chi connectivity index (χ2v) is 2.96. The van der Waals surface area contributed by atoms with Gasteiger partial charge >= 0.3 is 5.97 Å². The van der Waals surface area contributed by atoms with E-state index >= 15 is 0 Å². The van der Waals surface area contributed by atoms with E-state index in [1.807, 2.05) is 6.07 Å². The quantitative estimate of drug-likeness (QED) is 0.840. The van der Waals surface area contributed by atoms with Crippen LogP contribution in [0.15, 0.2) is 18.3 Å². The first-order valence-electron chi connectivity index (χ1n) is 4.42. The Morgan fingerprint density at radius 1 is 1.57 bits per heavy atom. The molecule has 1 rings (SSSR count). The van der Waals surface area contributed by atoms with Gasteiger partial charge in [0.1, 0.15) is 5.69 Å². The van der Waals surface area contributed by atoms with Gasteiger partial charge in [-0.1, -0.05) is 13.3 Å². The number of aryl methyl sites for hydroxylation is 1. The number of nitrogens with zero attached hydrogens (tertiary/aromatic N) is 1. The number of hydrogen-bond acceptors (Lipinski definition) is 2. The van der Waals surface area contributed by atoms with Crippen LogP contribution in [0.3, 0.4) is 0 Å². The Bertz CT molecular complexity index is 302. The van der Waals surface area contributed by atoms with Crippen LogP contribution in [-0.4, -0.2) is 16.1 Å². The average Bonchev–Trinajstić information content (AvgIpc) is 2.15. The standard InChI is InChI=1S/C10H13NO2.ClH/c1-2-3-4-8-5-6-11-9(7-8)10(12)13;/h5-7H,2-4H2,1H3,(H,12,13);1H. The summed E-state index contributed by atoms with van der Waals surface area (Å²) in [6.07, 6.45) is 4.68. The van der Waals surface area contributed by atoms with Gasteiger partial charge in [0, 0.05) is 6.20 Å². The summed E-state index contributed by atoms with van der Waals surface area (Å²) >= 11 is 0. The van der Waals surface area contributed by atoms with Crippen LogP contribution in [0.4, 0.5) is 0 Å². The molecule has 1 aromatic heterocycles. The number of carboxylic acid groups (broad SMARTS) is 1. The zero-order valence-corrected chi connectivity index (χ0v) is 8.88. The van der Waals surface area contributed by atoms with E-state index in [9.17, 15) is 4.79 Å². The third-order valence-electron chi connectivity index (χ3n) is 1.86. The Hall–Kier alpha value is -1.09. The molecule has 0 aliphatic rings. The number of aromatic carboxylic acids is 1. The van der Waals surface area contributed by atoms with Crippen LogP contribution in [-0.2, 0) is 6.42 Å². The zero-order valence-electron chi connectivity index (χ0n) is 8.06. The van der Waals surface area contributed by atoms with Crippen molar-refractivity contribution in [1.82, 2.24) is 4.98 Å². The normalized spacial score (nSPS) is 9.21. The number of aromatic nitrogens is 1. The summed E-state index contributed by atoms with van der Waals surface area (Å²) in [4.78, 5) is 14.3. The SMILES string of the molecule is CCCCc1ccnc(C(=O)O)c1.Cl. The zero-order chi connectivity index (χ0) is 9.68. The highest BCUT2D eigenvalue weighted by molar-refractivity contribution is 5.85. The van der Waals surface area contributed by atoms with Crippen LogP contribution in [0, 0.1) is 0 Å². The molecule has 0 bridgehead atoms. The molecule has 0 atom stereocenters. The van der Waals surface area contributed by atoms with Crippen molar-refractivity contribution >= 4 is 18.4 Å². The van der Waals surface area contributed by atoms with E-state index in [2.05, 4.69) is 11.9 Å². The molecule has 0 aromatic carbocycles. The fraction of sp³-hybridized carbons (Fsp3) is 0.400. The van der Waals surface area contributed by atoms with Gasteiger partial charge in [-0.2, -0.15) is 0 Å². The van der Waals surface area contributed by atoms with Crippen molar-refractivity contribution in [2.45, 2.75) is 26.2 Å². The predicted molar refractivity (Wildman–Crippen MR) is 57.1 cm³/mol. The Balaban J connectivity index is 0.00000169. The van der Waals surface area contributed by atoms with Gasteiger partial charge < -0.3 is 5.11 Å². The van der Waals surface area contributed by atoms with E-state index in [4.69, 9.17) is 5.11 Å². The first-order valence-corrected chi connectivity index (χ1v) is 4.42. The van der Waals surface area contributed by atoms with Gasteiger partial charge in [-0.05, 0) is 30.5 Å². The predicted octanol–water partition coefficient (Wildman–Crippen LogP) is 2.54. The van der Waals surface area contributed by atoms with Crippen molar-refractivity contribution in [2.75, 3.05) is 0 Å². The minimum atomic E-state index is -0.960. The summed E-state index contributed by atoms with van der Waals surface area (Å²) in [6.45, 7) is 2.11. The molecule has 78 valence electrons. The Labute approximate surface area is 89.6 Å². The summed E-state index contributed by atoms with van der Waals surface area (Å²) in [5, 5.41) is 8.67. The smallest absolute Gasteiger partial charge is 0.354 e. The molecular weight excluding hydrogens is 202 g/mol. The van der Waals surface area contributed by atoms with Crippen LogP contribution in [0.25, 0.3) is 0 Å². The minimum absolute atomic E-state index is 0. The third-order valence-corrected chi connectivity index (χ3v) is 1.86. The van der Waals surface area contributed by atoms with Gasteiger partial charge in [-0.3, -0.25) is 0 Å². The number of pyridine rings is 1. The van der Waals surface area contributed by atoms with Crippen molar-refractivity contribution in [1.29, 1.82) is 0 Å². The molecule has 14 heavy (non-hydrogen) atoms. The Morgan fingerprint density at radius 2 is 2.29 bits per heavy atom. The van der Waals surface area contributed by atoms with Crippen LogP contribution in [0.1, 0.15) is 35.8 Å². The molecule has 0 unspecified atom stereocenters. The van der Waals surface area contributed by atoms with E-state index in [0.29, 0.717) is 0 Å². The van der Waals surface area contributed by atoms with Gasteiger partial charge in [-0.15, -0.1) is 12.4 Å². The topological polar surface area (TPSA) is 50.2 Å². The summed E-state index contributed by atoms with van der Waals surface area (Å²) in [7, 11) is 0. The summed E-state index contributed by atoms with van der Waals surface area (Å²) in [5.74, 6) is -0.960. The van der Waals surface area contributed by atoms with Crippen molar-refractivity contribution in [3.63, 3.8) is 0 Å². The molecular formula is C10H14ClNO2. The summed E-state index contributed by atoms with van der Waals surface area (Å²) < 4.78 is 0. The number of hydrogen-bond donors (Lipinski definition) is 1. The van der Waals surface area contributed by atoms with E-state index < -0.39 is 5.97 Å². The highest BCUT2D eigenvalue weighted by Crippen LogP contribution is 2.06. The van der Waals surface area contributed by atoms with E-state index in [-0.39, 0.29) is 18.1 Å². The van der Waals surface area contributed by atoms with E-state index in [1.165, 1.54) is 0 Å². The lowest BCUT2D eigenvalue weighted by Gasteiger charge is -1.99. The molecule has 0 spiro atoms. The van der Waals surface area contributed by atoms with Gasteiger partial charge in [0.2, 0.25) is 0 Å². The van der Waals surface area contributed by atoms with Crippen molar-refractivity contribution in [2.24, 2.45) is 0 Å². The lowest BCUT2D eigenvalue weighted by Crippen LogP contribution is -2.00. The molecule has 1 heterocycles. The first-order chi connectivity index (χ1) is 6.24. The molecule has 0 saturated carbocycles. The molecule has 0 aliphatic carbocycles. The van der Waals surface area contributed by atoms with Crippen molar-refractivity contribution < 1.29 is 9.90 Å². The van der Waals surface area contributed by atoms with Crippen LogP contribution in [0.5, 0.6) is 0 Å². The van der Waals surface area contributed by atoms with E-state index in [1.54, 1.807) is 12.3 Å². The Kier molecular flexibility index (Phi) is 5.88. The fourth-order valence-corrected chi connectivity index (χ4v) is 1.13. The van der Waals surface area contributed by atoms with E-state index in [0.717, 1.165) is 24.8 Å². The molecule has 3 nitrogen and oxygen atoms in total. The number of carboxylic acids is 1. The molecule has 0 radical (unpaired) electrons. The molecule has 0 amide bonds. The van der Waals surface area contributed by atoms with Crippen LogP contribution >= 0.6 is 12.4 Å². The maximum Gasteiger partial charge on any atom is 0.354 e. The van der Waals surface area contributed by atoms with Gasteiger partial charge in [0.05, 0.1) is 0 Å². The van der Waals surface area contributed by atoms with Crippen LogP contribution in [0.2, 0.25) is 0 Å².